The number of rotatable bonds is 10. The Morgan fingerprint density at radius 3 is 1.74 bits per heavy atom. The Morgan fingerprint density at radius 1 is 0.676 bits per heavy atom. The highest BCUT2D eigenvalue weighted by Crippen LogP contribution is 2.28. The van der Waals surface area contributed by atoms with Crippen LogP contribution in [0, 0.1) is 0 Å². The van der Waals surface area contributed by atoms with Gasteiger partial charge in [0.15, 0.2) is 29.1 Å². The summed E-state index contributed by atoms with van der Waals surface area (Å²) in [4.78, 5) is 37.9. The fraction of sp³-hybridized carbons (Fsp3) is 0.192. The molecule has 3 aromatic carbocycles. The molecule has 0 aromatic heterocycles. The summed E-state index contributed by atoms with van der Waals surface area (Å²) in [7, 11) is 2.90. The van der Waals surface area contributed by atoms with E-state index < -0.39 is 24.0 Å². The standard InChI is InChI=1S/C26H24O8/c1-30-19-12-6-8-14-21(19)32-24(27)17-16-23(34-25(28)18-10-4-3-5-11-18)26(29)33-22-15-9-7-13-20(22)31-2/h3-15,23H,16-17H2,1-2H3/t23-/m1/s1. The molecule has 0 radical (unpaired) electrons. The fourth-order valence-corrected chi connectivity index (χ4v) is 3.00. The van der Waals surface area contributed by atoms with E-state index in [4.69, 9.17) is 23.7 Å². The molecule has 0 saturated carbocycles. The van der Waals surface area contributed by atoms with E-state index in [0.29, 0.717) is 11.5 Å². The lowest BCUT2D eigenvalue weighted by Gasteiger charge is -2.17. The number of benzene rings is 3. The number of esters is 3. The van der Waals surface area contributed by atoms with Crippen LogP contribution >= 0.6 is 0 Å². The number of ether oxygens (including phenoxy) is 5. The number of methoxy groups -OCH3 is 2. The molecule has 0 aliphatic carbocycles. The molecular formula is C26H24O8. The summed E-state index contributed by atoms with van der Waals surface area (Å²) in [6.07, 6.45) is -1.73. The van der Waals surface area contributed by atoms with Crippen molar-refractivity contribution < 1.29 is 38.1 Å². The minimum atomic E-state index is -1.36. The van der Waals surface area contributed by atoms with E-state index in [-0.39, 0.29) is 29.9 Å². The molecule has 0 N–H and O–H groups in total. The molecule has 0 bridgehead atoms. The maximum Gasteiger partial charge on any atom is 0.352 e. The summed E-state index contributed by atoms with van der Waals surface area (Å²) in [6, 6.07) is 21.4. The highest BCUT2D eigenvalue weighted by molar-refractivity contribution is 5.91. The van der Waals surface area contributed by atoms with Gasteiger partial charge in [-0.1, -0.05) is 42.5 Å². The third-order valence-electron chi connectivity index (χ3n) is 4.70. The molecule has 0 saturated heterocycles. The first-order valence-electron chi connectivity index (χ1n) is 10.5. The molecule has 0 spiro atoms. The number of carbonyl (C=O) groups is 3. The minimum Gasteiger partial charge on any atom is -0.493 e. The van der Waals surface area contributed by atoms with Crippen LogP contribution in [0.15, 0.2) is 78.9 Å². The van der Waals surface area contributed by atoms with Crippen molar-refractivity contribution in [3.8, 4) is 23.0 Å². The predicted molar refractivity (Wildman–Crippen MR) is 122 cm³/mol. The first-order chi connectivity index (χ1) is 16.5. The van der Waals surface area contributed by atoms with Crippen LogP contribution in [0.2, 0.25) is 0 Å². The van der Waals surface area contributed by atoms with Gasteiger partial charge in [-0.05, 0) is 36.4 Å². The average Bonchev–Trinajstić information content (AvgIpc) is 2.87. The van der Waals surface area contributed by atoms with E-state index in [1.165, 1.54) is 14.2 Å². The van der Waals surface area contributed by atoms with Crippen molar-refractivity contribution in [2.45, 2.75) is 18.9 Å². The molecule has 8 heteroatoms. The molecule has 0 amide bonds. The van der Waals surface area contributed by atoms with Crippen LogP contribution in [0.25, 0.3) is 0 Å². The fourth-order valence-electron chi connectivity index (χ4n) is 3.00. The van der Waals surface area contributed by atoms with Gasteiger partial charge in [-0.2, -0.15) is 0 Å². The first-order valence-corrected chi connectivity index (χ1v) is 10.5. The molecule has 1 atom stereocenters. The average molecular weight is 464 g/mol. The molecule has 0 aliphatic heterocycles. The molecule has 0 aliphatic rings. The number of hydrogen-bond donors (Lipinski definition) is 0. The smallest absolute Gasteiger partial charge is 0.352 e. The van der Waals surface area contributed by atoms with Gasteiger partial charge in [-0.15, -0.1) is 0 Å². The van der Waals surface area contributed by atoms with Crippen molar-refractivity contribution in [3.63, 3.8) is 0 Å². The number of hydrogen-bond acceptors (Lipinski definition) is 8. The molecule has 3 rings (SSSR count). The summed E-state index contributed by atoms with van der Waals surface area (Å²) in [6.45, 7) is 0. The number of para-hydroxylation sites is 4. The van der Waals surface area contributed by atoms with E-state index in [1.807, 2.05) is 0 Å². The van der Waals surface area contributed by atoms with Crippen LogP contribution in [-0.4, -0.2) is 38.2 Å². The Kier molecular flexibility index (Phi) is 8.62. The highest BCUT2D eigenvalue weighted by atomic mass is 16.6. The topological polar surface area (TPSA) is 97.4 Å². The summed E-state index contributed by atoms with van der Waals surface area (Å²) in [5.74, 6) is -1.08. The van der Waals surface area contributed by atoms with Crippen molar-refractivity contribution in [1.82, 2.24) is 0 Å². The van der Waals surface area contributed by atoms with E-state index >= 15 is 0 Å². The molecule has 8 nitrogen and oxygen atoms in total. The Morgan fingerprint density at radius 2 is 1.18 bits per heavy atom. The SMILES string of the molecule is COc1ccccc1OC(=O)CC[C@@H](OC(=O)c1ccccc1)C(=O)Oc1ccccc1OC. The maximum atomic E-state index is 12.9. The molecule has 3 aromatic rings. The third-order valence-corrected chi connectivity index (χ3v) is 4.70. The lowest BCUT2D eigenvalue weighted by Crippen LogP contribution is -2.32. The van der Waals surface area contributed by atoms with Crippen LogP contribution in [0.1, 0.15) is 23.2 Å². The molecule has 0 unspecified atom stereocenters. The Balaban J connectivity index is 1.72. The summed E-state index contributed by atoms with van der Waals surface area (Å²) >= 11 is 0. The van der Waals surface area contributed by atoms with Crippen LogP contribution in [-0.2, 0) is 14.3 Å². The van der Waals surface area contributed by atoms with Gasteiger partial charge in [-0.25, -0.2) is 9.59 Å². The summed E-state index contributed by atoms with van der Waals surface area (Å²) in [5.41, 5.74) is 0.259. The van der Waals surface area contributed by atoms with Crippen molar-refractivity contribution in [3.05, 3.63) is 84.4 Å². The van der Waals surface area contributed by atoms with Crippen molar-refractivity contribution in [1.29, 1.82) is 0 Å². The summed E-state index contributed by atoms with van der Waals surface area (Å²) in [5, 5.41) is 0. The Bertz CT molecular complexity index is 1130. The second-order valence-electron chi connectivity index (χ2n) is 7.00. The zero-order chi connectivity index (χ0) is 24.3. The number of carbonyl (C=O) groups excluding carboxylic acids is 3. The van der Waals surface area contributed by atoms with E-state index in [9.17, 15) is 14.4 Å². The monoisotopic (exact) mass is 464 g/mol. The minimum absolute atomic E-state index is 0.152. The lowest BCUT2D eigenvalue weighted by molar-refractivity contribution is -0.145. The Labute approximate surface area is 197 Å². The van der Waals surface area contributed by atoms with Gasteiger partial charge in [0.05, 0.1) is 26.2 Å². The molecule has 0 fully saturated rings. The second-order valence-corrected chi connectivity index (χ2v) is 7.00. The molecule has 176 valence electrons. The van der Waals surface area contributed by atoms with Crippen molar-refractivity contribution in [2.75, 3.05) is 14.2 Å². The largest absolute Gasteiger partial charge is 0.493 e. The van der Waals surface area contributed by atoms with Gasteiger partial charge < -0.3 is 23.7 Å². The quantitative estimate of drug-likeness (QED) is 0.325. The zero-order valence-electron chi connectivity index (χ0n) is 18.8. The molecule has 34 heavy (non-hydrogen) atoms. The first kappa shape index (κ1) is 24.3. The summed E-state index contributed by atoms with van der Waals surface area (Å²) < 4.78 is 26.5. The van der Waals surface area contributed by atoms with Crippen molar-refractivity contribution >= 4 is 17.9 Å². The van der Waals surface area contributed by atoms with Crippen molar-refractivity contribution in [2.24, 2.45) is 0 Å². The second kappa shape index (κ2) is 12.1. The van der Waals surface area contributed by atoms with Crippen LogP contribution in [0.4, 0.5) is 0 Å². The lowest BCUT2D eigenvalue weighted by atomic mass is 10.2. The van der Waals surface area contributed by atoms with Gasteiger partial charge in [0.2, 0.25) is 0 Å². The van der Waals surface area contributed by atoms with E-state index in [2.05, 4.69) is 0 Å². The van der Waals surface area contributed by atoms with Crippen LogP contribution < -0.4 is 18.9 Å². The highest BCUT2D eigenvalue weighted by Gasteiger charge is 2.28. The predicted octanol–water partition coefficient (Wildman–Crippen LogP) is 4.22. The van der Waals surface area contributed by atoms with Gasteiger partial charge in [0.1, 0.15) is 0 Å². The van der Waals surface area contributed by atoms with Crippen LogP contribution in [0.3, 0.4) is 0 Å². The van der Waals surface area contributed by atoms with E-state index in [1.54, 1.807) is 78.9 Å². The van der Waals surface area contributed by atoms with Gasteiger partial charge in [0, 0.05) is 6.42 Å². The van der Waals surface area contributed by atoms with E-state index in [0.717, 1.165) is 0 Å². The van der Waals surface area contributed by atoms with Crippen LogP contribution in [0.5, 0.6) is 23.0 Å². The third kappa shape index (κ3) is 6.59. The van der Waals surface area contributed by atoms with Gasteiger partial charge in [0.25, 0.3) is 0 Å². The Hall–Kier alpha value is -4.33. The molecule has 0 heterocycles. The maximum absolute atomic E-state index is 12.9. The normalized spacial score (nSPS) is 11.1. The van der Waals surface area contributed by atoms with Gasteiger partial charge in [-0.3, -0.25) is 4.79 Å². The van der Waals surface area contributed by atoms with Gasteiger partial charge >= 0.3 is 17.9 Å². The zero-order valence-corrected chi connectivity index (χ0v) is 18.8. The molecular weight excluding hydrogens is 440 g/mol.